The number of rotatable bonds is 6. The molecule has 1 aliphatic rings. The lowest BCUT2D eigenvalue weighted by Crippen LogP contribution is -2.19. The second-order valence-electron chi connectivity index (χ2n) is 6.52. The van der Waals surface area contributed by atoms with Gasteiger partial charge in [-0.3, -0.25) is 4.79 Å². The number of amidine groups is 1. The number of hydrogen-bond donors (Lipinski definition) is 2. The van der Waals surface area contributed by atoms with Crippen molar-refractivity contribution in [2.75, 3.05) is 20.6 Å². The number of nitrogens with one attached hydrogen (secondary N) is 1. The summed E-state index contributed by atoms with van der Waals surface area (Å²) in [5.41, 5.74) is 1.57. The van der Waals surface area contributed by atoms with Crippen LogP contribution in [-0.2, 0) is 11.2 Å². The molecule has 0 atom stereocenters. The van der Waals surface area contributed by atoms with Gasteiger partial charge in [-0.2, -0.15) is 0 Å². The fourth-order valence-corrected chi connectivity index (χ4v) is 4.34. The third-order valence-electron chi connectivity index (χ3n) is 3.89. The van der Waals surface area contributed by atoms with E-state index in [2.05, 4.69) is 34.3 Å². The molecule has 2 N–H and O–H groups in total. The molecule has 27 heavy (non-hydrogen) atoms. The monoisotopic (exact) mass is 402 g/mol. The van der Waals surface area contributed by atoms with Crippen molar-refractivity contribution in [1.29, 1.82) is 0 Å². The van der Waals surface area contributed by atoms with Gasteiger partial charge in [-0.15, -0.1) is 11.3 Å². The number of thiazole rings is 1. The Balaban J connectivity index is 1.68. The molecule has 1 saturated heterocycles. The molecule has 1 aliphatic heterocycles. The number of aromatic nitrogens is 1. The highest BCUT2D eigenvalue weighted by Gasteiger charge is 2.24. The zero-order valence-corrected chi connectivity index (χ0v) is 17.2. The van der Waals surface area contributed by atoms with Crippen molar-refractivity contribution in [3.05, 3.63) is 44.7 Å². The van der Waals surface area contributed by atoms with E-state index in [1.54, 1.807) is 29.5 Å². The van der Waals surface area contributed by atoms with Gasteiger partial charge < -0.3 is 15.3 Å². The fraction of sp³-hybridized carbons (Fsp3) is 0.316. The van der Waals surface area contributed by atoms with E-state index in [-0.39, 0.29) is 11.7 Å². The quantitative estimate of drug-likeness (QED) is 0.723. The smallest absolute Gasteiger partial charge is 0.264 e. The highest BCUT2D eigenvalue weighted by atomic mass is 32.2. The molecule has 1 amide bonds. The summed E-state index contributed by atoms with van der Waals surface area (Å²) in [6.45, 7) is 2.90. The number of carbonyl (C=O) groups excluding carboxylic acids is 1. The largest absolute Gasteiger partial charge is 0.508 e. The minimum atomic E-state index is -0.155. The van der Waals surface area contributed by atoms with Crippen LogP contribution in [0.1, 0.15) is 21.9 Å². The number of benzene rings is 1. The first-order valence-electron chi connectivity index (χ1n) is 8.59. The summed E-state index contributed by atoms with van der Waals surface area (Å²) >= 11 is 2.93. The minimum Gasteiger partial charge on any atom is -0.508 e. The first-order valence-corrected chi connectivity index (χ1v) is 10.2. The highest BCUT2D eigenvalue weighted by molar-refractivity contribution is 8.18. The standard InChI is InChI=1S/C19H22N4O2S2/c1-12-9-13(24)6-7-15(12)21-19-22-18(25)16(27-19)10-14-11-20-17(26-14)5-4-8-23(2)3/h6-7,9-11,24H,4-5,8H2,1-3H3,(H,21,22,25)/b16-10-. The van der Waals surface area contributed by atoms with E-state index in [0.717, 1.165) is 40.5 Å². The van der Waals surface area contributed by atoms with E-state index in [9.17, 15) is 9.90 Å². The van der Waals surface area contributed by atoms with Crippen molar-refractivity contribution < 1.29 is 9.90 Å². The number of aliphatic imine (C=N–C) groups is 1. The predicted molar refractivity (Wildman–Crippen MR) is 113 cm³/mol. The number of carbonyl (C=O) groups is 1. The van der Waals surface area contributed by atoms with Crippen LogP contribution in [0.2, 0.25) is 0 Å². The Hall–Kier alpha value is -2.16. The predicted octanol–water partition coefficient (Wildman–Crippen LogP) is 3.54. The van der Waals surface area contributed by atoms with Crippen molar-refractivity contribution in [3.63, 3.8) is 0 Å². The van der Waals surface area contributed by atoms with E-state index in [4.69, 9.17) is 0 Å². The number of aromatic hydroxyl groups is 1. The Kier molecular flexibility index (Phi) is 6.30. The summed E-state index contributed by atoms with van der Waals surface area (Å²) in [5.74, 6) is 0.0458. The first kappa shape index (κ1) is 19.6. The van der Waals surface area contributed by atoms with Gasteiger partial charge in [-0.25, -0.2) is 9.98 Å². The first-order chi connectivity index (χ1) is 12.9. The van der Waals surface area contributed by atoms with Crippen LogP contribution in [0.4, 0.5) is 5.69 Å². The van der Waals surface area contributed by atoms with Gasteiger partial charge in [0.05, 0.1) is 15.6 Å². The van der Waals surface area contributed by atoms with Crippen LogP contribution < -0.4 is 5.32 Å². The summed E-state index contributed by atoms with van der Waals surface area (Å²) in [5, 5.41) is 13.9. The van der Waals surface area contributed by atoms with E-state index in [0.29, 0.717) is 10.1 Å². The van der Waals surface area contributed by atoms with Crippen LogP contribution in [0.25, 0.3) is 6.08 Å². The molecular formula is C19H22N4O2S2. The summed E-state index contributed by atoms with van der Waals surface area (Å²) in [6.07, 6.45) is 5.68. The lowest BCUT2D eigenvalue weighted by Gasteiger charge is -2.07. The van der Waals surface area contributed by atoms with Gasteiger partial charge in [0.2, 0.25) is 0 Å². The van der Waals surface area contributed by atoms with E-state index >= 15 is 0 Å². The van der Waals surface area contributed by atoms with Gasteiger partial charge in [-0.1, -0.05) is 0 Å². The fourth-order valence-electron chi connectivity index (χ4n) is 2.54. The minimum absolute atomic E-state index is 0.155. The summed E-state index contributed by atoms with van der Waals surface area (Å²) < 4.78 is 0. The van der Waals surface area contributed by atoms with E-state index in [1.165, 1.54) is 11.8 Å². The van der Waals surface area contributed by atoms with Crippen molar-refractivity contribution in [3.8, 4) is 5.75 Å². The number of hydrogen-bond acceptors (Lipinski definition) is 7. The molecule has 2 aromatic rings. The average molecular weight is 403 g/mol. The Morgan fingerprint density at radius 2 is 2.19 bits per heavy atom. The average Bonchev–Trinajstić information content (AvgIpc) is 3.17. The van der Waals surface area contributed by atoms with Gasteiger partial charge in [0.15, 0.2) is 5.17 Å². The molecule has 1 aromatic carbocycles. The van der Waals surface area contributed by atoms with Crippen LogP contribution in [0.15, 0.2) is 34.3 Å². The van der Waals surface area contributed by atoms with Crippen molar-refractivity contribution >= 4 is 45.9 Å². The lowest BCUT2D eigenvalue weighted by atomic mass is 10.2. The third kappa shape index (κ3) is 5.41. The molecule has 0 aliphatic carbocycles. The molecule has 8 heteroatoms. The summed E-state index contributed by atoms with van der Waals surface area (Å²) in [7, 11) is 4.12. The zero-order valence-electron chi connectivity index (χ0n) is 15.5. The second kappa shape index (κ2) is 8.69. The van der Waals surface area contributed by atoms with Crippen LogP contribution in [0, 0.1) is 6.92 Å². The number of thioether (sulfide) groups is 1. The maximum Gasteiger partial charge on any atom is 0.264 e. The number of amides is 1. The maximum atomic E-state index is 12.2. The molecule has 3 rings (SSSR count). The maximum absolute atomic E-state index is 12.2. The van der Waals surface area contributed by atoms with Gasteiger partial charge >= 0.3 is 0 Å². The molecule has 6 nitrogen and oxygen atoms in total. The van der Waals surface area contributed by atoms with Crippen LogP contribution >= 0.6 is 23.1 Å². The normalized spacial score (nSPS) is 17.3. The van der Waals surface area contributed by atoms with Gasteiger partial charge in [-0.05, 0) is 75.6 Å². The van der Waals surface area contributed by atoms with Crippen molar-refractivity contribution in [2.24, 2.45) is 4.99 Å². The molecule has 1 aromatic heterocycles. The lowest BCUT2D eigenvalue weighted by molar-refractivity contribution is -0.115. The Morgan fingerprint density at radius 1 is 1.37 bits per heavy atom. The molecule has 1 fully saturated rings. The molecule has 0 unspecified atom stereocenters. The van der Waals surface area contributed by atoms with E-state index in [1.807, 2.05) is 19.2 Å². The Bertz CT molecular complexity index is 903. The highest BCUT2D eigenvalue weighted by Crippen LogP contribution is 2.31. The van der Waals surface area contributed by atoms with Gasteiger partial charge in [0, 0.05) is 17.5 Å². The molecular weight excluding hydrogens is 380 g/mol. The van der Waals surface area contributed by atoms with Crippen molar-refractivity contribution in [2.45, 2.75) is 19.8 Å². The van der Waals surface area contributed by atoms with Crippen LogP contribution in [0.5, 0.6) is 5.75 Å². The number of phenols is 1. The number of phenolic OH excluding ortho intramolecular Hbond substituents is 1. The van der Waals surface area contributed by atoms with Crippen molar-refractivity contribution in [1.82, 2.24) is 15.2 Å². The molecule has 2 heterocycles. The number of nitrogens with zero attached hydrogens (tertiary/aromatic N) is 3. The molecule has 0 radical (unpaired) electrons. The zero-order chi connectivity index (χ0) is 19.4. The van der Waals surface area contributed by atoms with Crippen LogP contribution in [-0.4, -0.2) is 46.7 Å². The SMILES string of the molecule is Cc1cc(O)ccc1N=C1NC(=O)/C(=C/c2cnc(CCCN(C)C)s2)S1. The topological polar surface area (TPSA) is 77.8 Å². The molecule has 142 valence electrons. The summed E-state index contributed by atoms with van der Waals surface area (Å²) in [6, 6.07) is 4.96. The van der Waals surface area contributed by atoms with E-state index < -0.39 is 0 Å². The third-order valence-corrected chi connectivity index (χ3v) is 5.81. The van der Waals surface area contributed by atoms with Crippen LogP contribution in [0.3, 0.4) is 0 Å². The second-order valence-corrected chi connectivity index (χ2v) is 8.69. The summed E-state index contributed by atoms with van der Waals surface area (Å²) in [4.78, 5) is 24.9. The molecule has 0 bridgehead atoms. The van der Waals surface area contributed by atoms with Gasteiger partial charge in [0.1, 0.15) is 5.75 Å². The number of aryl methyl sites for hydroxylation is 2. The van der Waals surface area contributed by atoms with Gasteiger partial charge in [0.25, 0.3) is 5.91 Å². The Morgan fingerprint density at radius 3 is 2.93 bits per heavy atom. The molecule has 0 spiro atoms. The Labute approximate surface area is 167 Å². The molecule has 0 saturated carbocycles.